The first-order valence-electron chi connectivity index (χ1n) is 7.99. The Balaban J connectivity index is 1.55. The first-order chi connectivity index (χ1) is 13.2. The molecule has 2 aromatic carbocycles. The molecule has 0 radical (unpaired) electrons. The molecule has 1 aromatic heterocycles. The smallest absolute Gasteiger partial charge is 0.416 e. The molecule has 0 aliphatic carbocycles. The minimum absolute atomic E-state index is 0.00108. The van der Waals surface area contributed by atoms with Crippen molar-refractivity contribution in [3.63, 3.8) is 0 Å². The van der Waals surface area contributed by atoms with Crippen LogP contribution in [0.15, 0.2) is 42.5 Å². The van der Waals surface area contributed by atoms with Gasteiger partial charge in [0.15, 0.2) is 5.13 Å². The number of ether oxygens (including phenoxy) is 1. The van der Waals surface area contributed by atoms with Gasteiger partial charge in [0.25, 0.3) is 5.69 Å². The molecule has 1 heterocycles. The minimum Gasteiger partial charge on any atom is -0.491 e. The second-order valence-electron chi connectivity index (χ2n) is 5.80. The van der Waals surface area contributed by atoms with E-state index >= 15 is 0 Å². The average Bonchev–Trinajstić information content (AvgIpc) is 3.06. The molecular weight excluding hydrogens is 399 g/mol. The highest BCUT2D eigenvalue weighted by Crippen LogP contribution is 2.31. The third-order valence-electron chi connectivity index (χ3n) is 3.68. The first-order valence-corrected chi connectivity index (χ1v) is 8.81. The van der Waals surface area contributed by atoms with Crippen LogP contribution in [0, 0.1) is 10.1 Å². The number of rotatable bonds is 7. The number of alkyl halides is 3. The van der Waals surface area contributed by atoms with Crippen molar-refractivity contribution >= 4 is 32.4 Å². The standard InChI is InChI=1S/C17H14F3N3O4S/c18-17(19,20)10-2-1-3-13(6-10)27-9-12(24)8-21-16-22-14-5-4-11(23(25)26)7-15(14)28-16/h1-7,12,24H,8-9H2,(H,21,22). The number of anilines is 1. The van der Waals surface area contributed by atoms with Crippen LogP contribution in [0.2, 0.25) is 0 Å². The van der Waals surface area contributed by atoms with E-state index in [2.05, 4.69) is 10.3 Å². The van der Waals surface area contributed by atoms with Crippen LogP contribution in [0.4, 0.5) is 24.0 Å². The predicted molar refractivity (Wildman–Crippen MR) is 97.7 cm³/mol. The van der Waals surface area contributed by atoms with Gasteiger partial charge in [0, 0.05) is 18.7 Å². The summed E-state index contributed by atoms with van der Waals surface area (Å²) in [6.07, 6.45) is -5.47. The van der Waals surface area contributed by atoms with E-state index in [1.54, 1.807) is 0 Å². The summed E-state index contributed by atoms with van der Waals surface area (Å²) in [6, 6.07) is 8.68. The van der Waals surface area contributed by atoms with Gasteiger partial charge in [0.1, 0.15) is 18.5 Å². The molecule has 3 rings (SSSR count). The van der Waals surface area contributed by atoms with Gasteiger partial charge in [-0.05, 0) is 24.3 Å². The second kappa shape index (κ2) is 7.98. The zero-order valence-electron chi connectivity index (χ0n) is 14.1. The minimum atomic E-state index is -4.47. The maximum atomic E-state index is 12.7. The summed E-state index contributed by atoms with van der Waals surface area (Å²) in [4.78, 5) is 14.5. The Morgan fingerprint density at radius 1 is 1.29 bits per heavy atom. The molecule has 0 spiro atoms. The molecule has 2 N–H and O–H groups in total. The molecule has 28 heavy (non-hydrogen) atoms. The Kier molecular flexibility index (Phi) is 5.66. The fourth-order valence-corrected chi connectivity index (χ4v) is 3.23. The Morgan fingerprint density at radius 2 is 2.07 bits per heavy atom. The highest BCUT2D eigenvalue weighted by molar-refractivity contribution is 7.22. The van der Waals surface area contributed by atoms with E-state index in [9.17, 15) is 28.4 Å². The zero-order chi connectivity index (χ0) is 20.3. The largest absolute Gasteiger partial charge is 0.491 e. The Hall–Kier alpha value is -2.92. The summed E-state index contributed by atoms with van der Waals surface area (Å²) in [6.45, 7) is -0.175. The van der Waals surface area contributed by atoms with Crippen molar-refractivity contribution in [2.24, 2.45) is 0 Å². The van der Waals surface area contributed by atoms with Crippen LogP contribution in [0.25, 0.3) is 10.2 Å². The van der Waals surface area contributed by atoms with E-state index < -0.39 is 22.8 Å². The molecular formula is C17H14F3N3O4S. The van der Waals surface area contributed by atoms with Gasteiger partial charge in [-0.25, -0.2) is 4.98 Å². The number of nitro benzene ring substituents is 1. The summed E-state index contributed by atoms with van der Waals surface area (Å²) >= 11 is 1.19. The van der Waals surface area contributed by atoms with Crippen molar-refractivity contribution in [2.75, 3.05) is 18.5 Å². The number of halogens is 3. The number of aliphatic hydroxyl groups is 1. The van der Waals surface area contributed by atoms with Crippen molar-refractivity contribution in [2.45, 2.75) is 12.3 Å². The lowest BCUT2D eigenvalue weighted by Gasteiger charge is -2.14. The molecule has 0 amide bonds. The Labute approximate surface area is 160 Å². The Morgan fingerprint density at radius 3 is 2.79 bits per heavy atom. The normalized spacial score (nSPS) is 12.7. The van der Waals surface area contributed by atoms with Crippen LogP contribution in [-0.2, 0) is 6.18 Å². The number of aromatic nitrogens is 1. The molecule has 148 valence electrons. The van der Waals surface area contributed by atoms with Crippen LogP contribution in [0.1, 0.15) is 5.56 Å². The van der Waals surface area contributed by atoms with Gasteiger partial charge in [0.2, 0.25) is 0 Å². The Bertz CT molecular complexity index is 993. The quantitative estimate of drug-likeness (QED) is 0.448. The van der Waals surface area contributed by atoms with Gasteiger partial charge >= 0.3 is 6.18 Å². The topological polar surface area (TPSA) is 97.5 Å². The van der Waals surface area contributed by atoms with Crippen molar-refractivity contribution in [1.29, 1.82) is 0 Å². The van der Waals surface area contributed by atoms with Crippen LogP contribution in [-0.4, -0.2) is 34.3 Å². The summed E-state index contributed by atoms with van der Waals surface area (Å²) in [7, 11) is 0. The van der Waals surface area contributed by atoms with E-state index in [0.717, 1.165) is 12.1 Å². The second-order valence-corrected chi connectivity index (χ2v) is 6.83. The molecule has 0 saturated heterocycles. The molecule has 1 unspecified atom stereocenters. The number of aliphatic hydroxyl groups excluding tert-OH is 1. The lowest BCUT2D eigenvalue weighted by Crippen LogP contribution is -2.26. The summed E-state index contributed by atoms with van der Waals surface area (Å²) in [5, 5.41) is 24.1. The predicted octanol–water partition coefficient (Wildman–Crippen LogP) is 4.08. The number of hydrogen-bond donors (Lipinski definition) is 2. The number of hydrogen-bond acceptors (Lipinski definition) is 7. The monoisotopic (exact) mass is 413 g/mol. The highest BCUT2D eigenvalue weighted by atomic mass is 32.1. The molecule has 1 atom stereocenters. The molecule has 0 bridgehead atoms. The van der Waals surface area contributed by atoms with Gasteiger partial charge in [-0.1, -0.05) is 17.4 Å². The van der Waals surface area contributed by atoms with E-state index in [0.29, 0.717) is 15.3 Å². The fourth-order valence-electron chi connectivity index (χ4n) is 2.32. The van der Waals surface area contributed by atoms with E-state index in [-0.39, 0.29) is 24.6 Å². The van der Waals surface area contributed by atoms with Crippen molar-refractivity contribution in [1.82, 2.24) is 4.98 Å². The van der Waals surface area contributed by atoms with Gasteiger partial charge < -0.3 is 15.2 Å². The number of fused-ring (bicyclic) bond motifs is 1. The van der Waals surface area contributed by atoms with E-state index in [1.807, 2.05) is 0 Å². The molecule has 0 fully saturated rings. The van der Waals surface area contributed by atoms with Crippen LogP contribution < -0.4 is 10.1 Å². The third kappa shape index (κ3) is 4.87. The molecule has 11 heteroatoms. The van der Waals surface area contributed by atoms with Gasteiger partial charge in [-0.3, -0.25) is 10.1 Å². The van der Waals surface area contributed by atoms with Crippen molar-refractivity contribution < 1.29 is 27.9 Å². The van der Waals surface area contributed by atoms with Gasteiger partial charge in [-0.2, -0.15) is 13.2 Å². The maximum absolute atomic E-state index is 12.7. The number of thiazole rings is 1. The number of nitrogens with zero attached hydrogens (tertiary/aromatic N) is 2. The van der Waals surface area contributed by atoms with Gasteiger partial charge in [0.05, 0.1) is 20.7 Å². The highest BCUT2D eigenvalue weighted by Gasteiger charge is 2.30. The molecule has 0 aliphatic rings. The number of nitro groups is 1. The molecule has 7 nitrogen and oxygen atoms in total. The molecule has 0 aliphatic heterocycles. The molecule has 3 aromatic rings. The third-order valence-corrected chi connectivity index (χ3v) is 4.65. The maximum Gasteiger partial charge on any atom is 0.416 e. The average molecular weight is 413 g/mol. The lowest BCUT2D eigenvalue weighted by atomic mass is 10.2. The van der Waals surface area contributed by atoms with E-state index in [4.69, 9.17) is 4.74 Å². The van der Waals surface area contributed by atoms with E-state index in [1.165, 1.54) is 41.7 Å². The van der Waals surface area contributed by atoms with Crippen molar-refractivity contribution in [3.8, 4) is 5.75 Å². The summed E-state index contributed by atoms with van der Waals surface area (Å²) in [5.74, 6) is 0.00108. The summed E-state index contributed by atoms with van der Waals surface area (Å²) < 4.78 is 43.9. The summed E-state index contributed by atoms with van der Waals surface area (Å²) in [5.41, 5.74) is -0.300. The van der Waals surface area contributed by atoms with Gasteiger partial charge in [-0.15, -0.1) is 0 Å². The number of non-ortho nitro benzene ring substituents is 1. The van der Waals surface area contributed by atoms with Crippen LogP contribution in [0.3, 0.4) is 0 Å². The fraction of sp³-hybridized carbons (Fsp3) is 0.235. The zero-order valence-corrected chi connectivity index (χ0v) is 15.0. The van der Waals surface area contributed by atoms with Crippen LogP contribution in [0.5, 0.6) is 5.75 Å². The molecule has 0 saturated carbocycles. The lowest BCUT2D eigenvalue weighted by molar-refractivity contribution is -0.384. The SMILES string of the molecule is O=[N+]([O-])c1ccc2nc(NCC(O)COc3cccc(C(F)(F)F)c3)sc2c1. The number of benzene rings is 2. The van der Waals surface area contributed by atoms with Crippen LogP contribution >= 0.6 is 11.3 Å². The van der Waals surface area contributed by atoms with Crippen molar-refractivity contribution in [3.05, 3.63) is 58.1 Å². The number of nitrogens with one attached hydrogen (secondary N) is 1. The first kappa shape index (κ1) is 19.8.